The predicted molar refractivity (Wildman–Crippen MR) is 93.8 cm³/mol. The van der Waals surface area contributed by atoms with Crippen molar-refractivity contribution in [2.24, 2.45) is 0 Å². The van der Waals surface area contributed by atoms with Crippen molar-refractivity contribution < 1.29 is 4.74 Å². The second kappa shape index (κ2) is 6.96. The largest absolute Gasteiger partial charge is 0.494 e. The fourth-order valence-electron chi connectivity index (χ4n) is 2.54. The van der Waals surface area contributed by atoms with Gasteiger partial charge in [0, 0.05) is 17.6 Å². The van der Waals surface area contributed by atoms with Crippen LogP contribution in [-0.2, 0) is 6.42 Å². The third kappa shape index (κ3) is 3.51. The van der Waals surface area contributed by atoms with Crippen molar-refractivity contribution in [3.05, 3.63) is 54.4 Å². The van der Waals surface area contributed by atoms with Crippen molar-refractivity contribution in [1.29, 1.82) is 0 Å². The summed E-state index contributed by atoms with van der Waals surface area (Å²) in [5, 5.41) is 4.31. The Hall–Kier alpha value is -2.82. The first kappa shape index (κ1) is 15.1. The molecule has 0 saturated carbocycles. The number of rotatable bonds is 6. The molecule has 118 valence electrons. The van der Waals surface area contributed by atoms with E-state index in [1.165, 1.54) is 5.56 Å². The van der Waals surface area contributed by atoms with Crippen LogP contribution in [0.15, 0.2) is 48.8 Å². The van der Waals surface area contributed by atoms with Crippen LogP contribution >= 0.6 is 0 Å². The lowest BCUT2D eigenvalue weighted by atomic mass is 10.1. The SMILES string of the molecule is CCOc1ccccc1CCNc1ncnc2ccc(N)cc12. The normalized spacial score (nSPS) is 10.7. The highest BCUT2D eigenvalue weighted by atomic mass is 16.5. The topological polar surface area (TPSA) is 73.1 Å². The standard InChI is InChI=1S/C18H20N4O/c1-2-23-17-6-4-3-5-13(17)9-10-20-18-15-11-14(19)7-8-16(15)21-12-22-18/h3-8,11-12H,2,9-10,19H2,1H3,(H,20,21,22). The number of hydrogen-bond donors (Lipinski definition) is 2. The molecule has 0 aliphatic carbocycles. The maximum Gasteiger partial charge on any atom is 0.137 e. The Labute approximate surface area is 135 Å². The van der Waals surface area contributed by atoms with Crippen LogP contribution in [-0.4, -0.2) is 23.1 Å². The van der Waals surface area contributed by atoms with E-state index in [0.717, 1.165) is 35.4 Å². The zero-order valence-electron chi connectivity index (χ0n) is 13.1. The molecule has 0 bridgehead atoms. The first-order valence-electron chi connectivity index (χ1n) is 7.72. The second-order valence-electron chi connectivity index (χ2n) is 5.22. The summed E-state index contributed by atoms with van der Waals surface area (Å²) in [7, 11) is 0. The van der Waals surface area contributed by atoms with Crippen molar-refractivity contribution in [2.45, 2.75) is 13.3 Å². The minimum Gasteiger partial charge on any atom is -0.494 e. The van der Waals surface area contributed by atoms with E-state index >= 15 is 0 Å². The molecule has 5 nitrogen and oxygen atoms in total. The molecular formula is C18H20N4O. The lowest BCUT2D eigenvalue weighted by molar-refractivity contribution is 0.336. The first-order valence-corrected chi connectivity index (χ1v) is 7.72. The van der Waals surface area contributed by atoms with Crippen LogP contribution in [0.2, 0.25) is 0 Å². The highest BCUT2D eigenvalue weighted by molar-refractivity contribution is 5.91. The van der Waals surface area contributed by atoms with Crippen molar-refractivity contribution in [2.75, 3.05) is 24.2 Å². The second-order valence-corrected chi connectivity index (χ2v) is 5.22. The van der Waals surface area contributed by atoms with Gasteiger partial charge in [0.2, 0.25) is 0 Å². The summed E-state index contributed by atoms with van der Waals surface area (Å²) in [5.74, 6) is 1.74. The van der Waals surface area contributed by atoms with Gasteiger partial charge in [-0.15, -0.1) is 0 Å². The molecule has 0 fully saturated rings. The minimum atomic E-state index is 0.667. The van der Waals surface area contributed by atoms with Crippen LogP contribution in [0.4, 0.5) is 11.5 Å². The predicted octanol–water partition coefficient (Wildman–Crippen LogP) is 3.27. The van der Waals surface area contributed by atoms with Gasteiger partial charge in [-0.05, 0) is 43.2 Å². The number of benzene rings is 2. The lowest BCUT2D eigenvalue weighted by Crippen LogP contribution is -2.08. The summed E-state index contributed by atoms with van der Waals surface area (Å²) in [6.07, 6.45) is 2.42. The zero-order chi connectivity index (χ0) is 16.1. The van der Waals surface area contributed by atoms with Gasteiger partial charge in [-0.1, -0.05) is 18.2 Å². The van der Waals surface area contributed by atoms with Crippen molar-refractivity contribution in [3.8, 4) is 5.75 Å². The van der Waals surface area contributed by atoms with E-state index in [-0.39, 0.29) is 0 Å². The molecule has 23 heavy (non-hydrogen) atoms. The van der Waals surface area contributed by atoms with Crippen LogP contribution in [0.1, 0.15) is 12.5 Å². The van der Waals surface area contributed by atoms with Gasteiger partial charge in [0.05, 0.1) is 12.1 Å². The number of hydrogen-bond acceptors (Lipinski definition) is 5. The molecule has 0 amide bonds. The molecule has 3 rings (SSSR count). The molecule has 3 N–H and O–H groups in total. The number of nitrogens with zero attached hydrogens (tertiary/aromatic N) is 2. The van der Waals surface area contributed by atoms with Crippen LogP contribution in [0.3, 0.4) is 0 Å². The maximum absolute atomic E-state index is 5.87. The van der Waals surface area contributed by atoms with E-state index in [4.69, 9.17) is 10.5 Å². The molecule has 0 aliphatic heterocycles. The Morgan fingerprint density at radius 3 is 2.87 bits per heavy atom. The summed E-state index contributed by atoms with van der Waals surface area (Å²) in [5.41, 5.74) is 8.63. The number of nitrogens with two attached hydrogens (primary N) is 1. The van der Waals surface area contributed by atoms with Crippen LogP contribution in [0, 0.1) is 0 Å². The van der Waals surface area contributed by atoms with E-state index in [9.17, 15) is 0 Å². The molecule has 1 aromatic heterocycles. The fourth-order valence-corrected chi connectivity index (χ4v) is 2.54. The van der Waals surface area contributed by atoms with Crippen LogP contribution in [0.5, 0.6) is 5.75 Å². The monoisotopic (exact) mass is 308 g/mol. The zero-order valence-corrected chi connectivity index (χ0v) is 13.1. The van der Waals surface area contributed by atoms with Crippen molar-refractivity contribution >= 4 is 22.4 Å². The first-order chi connectivity index (χ1) is 11.3. The van der Waals surface area contributed by atoms with Crippen LogP contribution in [0.25, 0.3) is 10.9 Å². The summed E-state index contributed by atoms with van der Waals surface area (Å²) < 4.78 is 5.66. The Kier molecular flexibility index (Phi) is 4.57. The molecule has 2 aromatic carbocycles. The molecule has 0 spiro atoms. The number of fused-ring (bicyclic) bond motifs is 1. The average molecular weight is 308 g/mol. The number of para-hydroxylation sites is 1. The highest BCUT2D eigenvalue weighted by Crippen LogP contribution is 2.22. The number of anilines is 2. The number of ether oxygens (including phenoxy) is 1. The Morgan fingerprint density at radius 1 is 1.13 bits per heavy atom. The van der Waals surface area contributed by atoms with Gasteiger partial charge in [-0.2, -0.15) is 0 Å². The summed E-state index contributed by atoms with van der Waals surface area (Å²) in [6, 6.07) is 13.7. The molecule has 0 unspecified atom stereocenters. The van der Waals surface area contributed by atoms with E-state index in [2.05, 4.69) is 21.4 Å². The molecule has 0 saturated heterocycles. The van der Waals surface area contributed by atoms with E-state index < -0.39 is 0 Å². The van der Waals surface area contributed by atoms with E-state index in [1.807, 2.05) is 43.3 Å². The van der Waals surface area contributed by atoms with Crippen LogP contribution < -0.4 is 15.8 Å². The van der Waals surface area contributed by atoms with Crippen molar-refractivity contribution in [3.63, 3.8) is 0 Å². The third-order valence-electron chi connectivity index (χ3n) is 3.62. The number of nitrogens with one attached hydrogen (secondary N) is 1. The van der Waals surface area contributed by atoms with Gasteiger partial charge >= 0.3 is 0 Å². The van der Waals surface area contributed by atoms with Gasteiger partial charge in [0.15, 0.2) is 0 Å². The van der Waals surface area contributed by atoms with Gasteiger partial charge in [-0.3, -0.25) is 0 Å². The molecule has 0 radical (unpaired) electrons. The minimum absolute atomic E-state index is 0.667. The van der Waals surface area contributed by atoms with Gasteiger partial charge in [-0.25, -0.2) is 9.97 Å². The van der Waals surface area contributed by atoms with Gasteiger partial charge < -0.3 is 15.8 Å². The van der Waals surface area contributed by atoms with E-state index in [1.54, 1.807) is 6.33 Å². The third-order valence-corrected chi connectivity index (χ3v) is 3.62. The number of nitrogen functional groups attached to an aromatic ring is 1. The molecule has 5 heteroatoms. The van der Waals surface area contributed by atoms with Crippen molar-refractivity contribution in [1.82, 2.24) is 9.97 Å². The van der Waals surface area contributed by atoms with Gasteiger partial charge in [0.1, 0.15) is 17.9 Å². The molecule has 0 aliphatic rings. The summed E-state index contributed by atoms with van der Waals surface area (Å²) in [4.78, 5) is 8.59. The summed E-state index contributed by atoms with van der Waals surface area (Å²) in [6.45, 7) is 3.41. The summed E-state index contributed by atoms with van der Waals surface area (Å²) >= 11 is 0. The Balaban J connectivity index is 1.73. The van der Waals surface area contributed by atoms with Gasteiger partial charge in [0.25, 0.3) is 0 Å². The molecular weight excluding hydrogens is 288 g/mol. The fraction of sp³-hybridized carbons (Fsp3) is 0.222. The number of aromatic nitrogens is 2. The highest BCUT2D eigenvalue weighted by Gasteiger charge is 2.05. The quantitative estimate of drug-likeness (QED) is 0.684. The smallest absolute Gasteiger partial charge is 0.137 e. The average Bonchev–Trinajstić information content (AvgIpc) is 2.57. The molecule has 0 atom stereocenters. The molecule has 3 aromatic rings. The molecule has 1 heterocycles. The van der Waals surface area contributed by atoms with E-state index in [0.29, 0.717) is 12.3 Å². The lowest BCUT2D eigenvalue weighted by Gasteiger charge is -2.11. The maximum atomic E-state index is 5.87. The Bertz CT molecular complexity index is 804. The Morgan fingerprint density at radius 2 is 2.00 bits per heavy atom.